The van der Waals surface area contributed by atoms with Crippen molar-refractivity contribution >= 4 is 44.2 Å². The molecule has 1 aliphatic rings. The number of nitrogens with zero attached hydrogens (tertiary/aromatic N) is 2. The second-order valence-electron chi connectivity index (χ2n) is 4.40. The highest BCUT2D eigenvalue weighted by molar-refractivity contribution is 7.22. The Balaban J connectivity index is 2.09. The average Bonchev–Trinajstić information content (AvgIpc) is 2.80. The number of nitrogens with two attached hydrogens (primary N) is 1. The van der Waals surface area contributed by atoms with Gasteiger partial charge in [0.05, 0.1) is 10.2 Å². The number of benzene rings is 1. The number of amides is 2. The van der Waals surface area contributed by atoms with Crippen molar-refractivity contribution in [2.45, 2.75) is 13.3 Å². The number of hydrogen-bond acceptors (Lipinski definition) is 5. The molecule has 92 valence electrons. The lowest BCUT2D eigenvalue weighted by molar-refractivity contribution is -0.122. The summed E-state index contributed by atoms with van der Waals surface area (Å²) in [5, 5.41) is 0.440. The molecule has 1 aliphatic heterocycles. The van der Waals surface area contributed by atoms with Crippen molar-refractivity contribution in [2.75, 3.05) is 10.6 Å². The van der Waals surface area contributed by atoms with Crippen LogP contribution in [-0.4, -0.2) is 16.8 Å². The van der Waals surface area contributed by atoms with Crippen molar-refractivity contribution in [1.29, 1.82) is 0 Å². The molecule has 3 rings (SSSR count). The van der Waals surface area contributed by atoms with Crippen LogP contribution in [0.25, 0.3) is 10.2 Å². The molecule has 2 aromatic rings. The van der Waals surface area contributed by atoms with Gasteiger partial charge in [0.1, 0.15) is 0 Å². The number of nitrogen functional groups attached to an aromatic ring is 1. The molecule has 2 heterocycles. The molecule has 1 aromatic heterocycles. The summed E-state index contributed by atoms with van der Waals surface area (Å²) in [5.41, 5.74) is 7.09. The summed E-state index contributed by atoms with van der Waals surface area (Å²) in [5.74, 6) is -0.610. The lowest BCUT2D eigenvalue weighted by atomic mass is 10.1. The van der Waals surface area contributed by atoms with E-state index in [1.165, 1.54) is 16.2 Å². The average molecular weight is 261 g/mol. The van der Waals surface area contributed by atoms with E-state index < -0.39 is 0 Å². The van der Waals surface area contributed by atoms with Crippen LogP contribution in [0.15, 0.2) is 18.2 Å². The second-order valence-corrected chi connectivity index (χ2v) is 5.41. The molecule has 0 spiro atoms. The van der Waals surface area contributed by atoms with E-state index in [-0.39, 0.29) is 24.2 Å². The number of carbonyl (C=O) groups excluding carboxylic acids is 2. The Bertz CT molecular complexity index is 664. The molecule has 18 heavy (non-hydrogen) atoms. The largest absolute Gasteiger partial charge is 0.399 e. The van der Waals surface area contributed by atoms with E-state index in [9.17, 15) is 9.59 Å². The van der Waals surface area contributed by atoms with Crippen molar-refractivity contribution in [3.8, 4) is 0 Å². The van der Waals surface area contributed by atoms with Crippen molar-refractivity contribution in [2.24, 2.45) is 5.92 Å². The van der Waals surface area contributed by atoms with E-state index >= 15 is 0 Å². The first-order valence-corrected chi connectivity index (χ1v) is 6.41. The zero-order valence-corrected chi connectivity index (χ0v) is 10.5. The summed E-state index contributed by atoms with van der Waals surface area (Å²) in [6, 6.07) is 5.34. The van der Waals surface area contributed by atoms with Crippen molar-refractivity contribution in [3.05, 3.63) is 18.2 Å². The Kier molecular flexibility index (Phi) is 2.34. The second kappa shape index (κ2) is 3.78. The summed E-state index contributed by atoms with van der Waals surface area (Å²) < 4.78 is 0.880. The third-order valence-corrected chi connectivity index (χ3v) is 3.97. The molecular formula is C12H11N3O2S. The van der Waals surface area contributed by atoms with Crippen LogP contribution in [0, 0.1) is 5.92 Å². The van der Waals surface area contributed by atoms with Gasteiger partial charge in [0.2, 0.25) is 11.8 Å². The summed E-state index contributed by atoms with van der Waals surface area (Å²) >= 11 is 1.31. The number of imide groups is 1. The van der Waals surface area contributed by atoms with Gasteiger partial charge in [-0.25, -0.2) is 9.88 Å². The fourth-order valence-corrected chi connectivity index (χ4v) is 3.05. The lowest BCUT2D eigenvalue weighted by Crippen LogP contribution is -2.29. The SMILES string of the molecule is CC1CC(=O)N(c2nc3ccc(N)cc3s2)C1=O. The van der Waals surface area contributed by atoms with Gasteiger partial charge in [-0.15, -0.1) is 0 Å². The normalized spacial score (nSPS) is 20.1. The third kappa shape index (κ3) is 1.57. The fraction of sp³-hybridized carbons (Fsp3) is 0.250. The van der Waals surface area contributed by atoms with Crippen LogP contribution in [0.2, 0.25) is 0 Å². The first-order valence-electron chi connectivity index (χ1n) is 5.59. The minimum Gasteiger partial charge on any atom is -0.399 e. The molecular weight excluding hydrogens is 250 g/mol. The summed E-state index contributed by atoms with van der Waals surface area (Å²) in [7, 11) is 0. The lowest BCUT2D eigenvalue weighted by Gasteiger charge is -2.08. The highest BCUT2D eigenvalue weighted by atomic mass is 32.1. The Morgan fingerprint density at radius 2 is 2.22 bits per heavy atom. The summed E-state index contributed by atoms with van der Waals surface area (Å²) in [6.45, 7) is 1.76. The number of thiazole rings is 1. The van der Waals surface area contributed by atoms with Gasteiger partial charge in [-0.1, -0.05) is 18.3 Å². The van der Waals surface area contributed by atoms with Gasteiger partial charge in [-0.2, -0.15) is 0 Å². The number of anilines is 2. The van der Waals surface area contributed by atoms with Crippen LogP contribution >= 0.6 is 11.3 Å². The Hall–Kier alpha value is -1.95. The van der Waals surface area contributed by atoms with Crippen LogP contribution in [0.1, 0.15) is 13.3 Å². The van der Waals surface area contributed by atoms with Crippen LogP contribution in [0.4, 0.5) is 10.8 Å². The zero-order valence-electron chi connectivity index (χ0n) is 9.71. The fourth-order valence-electron chi connectivity index (χ4n) is 2.01. The van der Waals surface area contributed by atoms with E-state index in [1.807, 2.05) is 0 Å². The molecule has 2 amide bonds. The smallest absolute Gasteiger partial charge is 0.238 e. The Morgan fingerprint density at radius 1 is 1.44 bits per heavy atom. The van der Waals surface area contributed by atoms with Gasteiger partial charge in [-0.05, 0) is 18.2 Å². The molecule has 0 bridgehead atoms. The van der Waals surface area contributed by atoms with E-state index in [0.29, 0.717) is 10.8 Å². The van der Waals surface area contributed by atoms with Gasteiger partial charge < -0.3 is 5.73 Å². The quantitative estimate of drug-likeness (QED) is 0.627. The maximum atomic E-state index is 11.9. The maximum absolute atomic E-state index is 11.9. The van der Waals surface area contributed by atoms with Gasteiger partial charge in [0.15, 0.2) is 5.13 Å². The minimum absolute atomic E-state index is 0.174. The predicted molar refractivity (Wildman–Crippen MR) is 70.3 cm³/mol. The molecule has 1 fully saturated rings. The number of carbonyl (C=O) groups is 2. The molecule has 0 radical (unpaired) electrons. The first kappa shape index (κ1) is 11.2. The van der Waals surface area contributed by atoms with Crippen molar-refractivity contribution in [1.82, 2.24) is 4.98 Å². The van der Waals surface area contributed by atoms with Crippen LogP contribution in [0.3, 0.4) is 0 Å². The molecule has 1 atom stereocenters. The van der Waals surface area contributed by atoms with E-state index in [0.717, 1.165) is 10.2 Å². The van der Waals surface area contributed by atoms with Crippen molar-refractivity contribution in [3.63, 3.8) is 0 Å². The topological polar surface area (TPSA) is 76.3 Å². The zero-order chi connectivity index (χ0) is 12.9. The molecule has 5 nitrogen and oxygen atoms in total. The third-order valence-electron chi connectivity index (χ3n) is 2.96. The number of aromatic nitrogens is 1. The number of fused-ring (bicyclic) bond motifs is 1. The maximum Gasteiger partial charge on any atom is 0.238 e. The molecule has 1 unspecified atom stereocenters. The Morgan fingerprint density at radius 3 is 2.89 bits per heavy atom. The van der Waals surface area contributed by atoms with E-state index in [4.69, 9.17) is 5.73 Å². The summed E-state index contributed by atoms with van der Waals surface area (Å²) in [6.07, 6.45) is 0.261. The molecule has 1 aromatic carbocycles. The number of rotatable bonds is 1. The van der Waals surface area contributed by atoms with E-state index in [1.54, 1.807) is 25.1 Å². The number of hydrogen-bond donors (Lipinski definition) is 1. The van der Waals surface area contributed by atoms with Gasteiger partial charge in [0.25, 0.3) is 0 Å². The van der Waals surface area contributed by atoms with E-state index in [2.05, 4.69) is 4.98 Å². The van der Waals surface area contributed by atoms with Crippen LogP contribution in [-0.2, 0) is 9.59 Å². The highest BCUT2D eigenvalue weighted by Crippen LogP contribution is 2.33. The summed E-state index contributed by atoms with van der Waals surface area (Å²) in [4.78, 5) is 29.2. The highest BCUT2D eigenvalue weighted by Gasteiger charge is 2.38. The van der Waals surface area contributed by atoms with Gasteiger partial charge >= 0.3 is 0 Å². The Labute approximate surface area is 107 Å². The van der Waals surface area contributed by atoms with Crippen LogP contribution in [0.5, 0.6) is 0 Å². The molecule has 6 heteroatoms. The molecule has 1 saturated heterocycles. The minimum atomic E-state index is -0.255. The van der Waals surface area contributed by atoms with Crippen LogP contribution < -0.4 is 10.6 Å². The molecule has 0 aliphatic carbocycles. The first-order chi connectivity index (χ1) is 8.56. The standard InChI is InChI=1S/C12H11N3O2S/c1-6-4-10(16)15(11(6)17)12-14-8-3-2-7(13)5-9(8)18-12/h2-3,5-6H,4,13H2,1H3. The molecule has 0 saturated carbocycles. The monoisotopic (exact) mass is 261 g/mol. The van der Waals surface area contributed by atoms with Crippen molar-refractivity contribution < 1.29 is 9.59 Å². The predicted octanol–water partition coefficient (Wildman–Crippen LogP) is 1.78. The van der Waals surface area contributed by atoms with Gasteiger partial charge in [-0.3, -0.25) is 9.59 Å². The van der Waals surface area contributed by atoms with Gasteiger partial charge in [0, 0.05) is 18.0 Å². The molecule has 2 N–H and O–H groups in total.